The summed E-state index contributed by atoms with van der Waals surface area (Å²) in [7, 11) is 0. The van der Waals surface area contributed by atoms with Crippen LogP contribution in [0.15, 0.2) is 5.16 Å². The molecule has 1 aliphatic heterocycles. The van der Waals surface area contributed by atoms with E-state index < -0.39 is 0 Å². The molecule has 2 fully saturated rings. The number of likely N-dealkylation sites (tertiary alicyclic amines) is 1. The third-order valence-electron chi connectivity index (χ3n) is 4.88. The molecule has 1 saturated carbocycles. The van der Waals surface area contributed by atoms with Crippen molar-refractivity contribution >= 4 is 17.7 Å². The Morgan fingerprint density at radius 3 is 2.86 bits per heavy atom. The molecule has 0 radical (unpaired) electrons. The normalized spacial score (nSPS) is 26.5. The topological polar surface area (TPSA) is 51.0 Å². The number of piperidine rings is 1. The fourth-order valence-corrected chi connectivity index (χ4v) is 4.70. The number of aromatic nitrogens is 3. The summed E-state index contributed by atoms with van der Waals surface area (Å²) in [5, 5.41) is 9.63. The van der Waals surface area contributed by atoms with Gasteiger partial charge in [-0.1, -0.05) is 31.5 Å². The number of rotatable bonds is 4. The summed E-state index contributed by atoms with van der Waals surface area (Å²) < 4.78 is 2.31. The number of carbonyl (C=O) groups is 1. The second kappa shape index (κ2) is 7.02. The molecular weight excluding hydrogens is 296 g/mol. The van der Waals surface area contributed by atoms with Crippen LogP contribution in [0.25, 0.3) is 0 Å². The number of hydrogen-bond acceptors (Lipinski definition) is 4. The Hall–Kier alpha value is -1.04. The molecule has 2 heterocycles. The van der Waals surface area contributed by atoms with E-state index in [1.54, 1.807) is 11.8 Å². The lowest BCUT2D eigenvalue weighted by Gasteiger charge is -2.30. The first kappa shape index (κ1) is 15.8. The first-order valence-electron chi connectivity index (χ1n) is 8.47. The van der Waals surface area contributed by atoms with Crippen LogP contribution in [-0.4, -0.2) is 38.0 Å². The summed E-state index contributed by atoms with van der Waals surface area (Å²) in [6, 6.07) is 0.526. The van der Waals surface area contributed by atoms with Crippen LogP contribution in [0.3, 0.4) is 0 Å². The standard InChI is InChI=1S/C16H26N4OS/c1-12-6-5-7-14(10-12)20-13(2)17-18-16(20)22-11-19-9-4-3-8-15(19)21/h12,14H,3-11H2,1-2H3. The number of aryl methyl sites for hydroxylation is 1. The molecule has 2 aliphatic rings. The Labute approximate surface area is 136 Å². The van der Waals surface area contributed by atoms with Crippen molar-refractivity contribution in [1.29, 1.82) is 0 Å². The van der Waals surface area contributed by atoms with Gasteiger partial charge in [0.25, 0.3) is 0 Å². The van der Waals surface area contributed by atoms with Crippen molar-refractivity contribution in [2.45, 2.75) is 70.0 Å². The maximum atomic E-state index is 11.9. The van der Waals surface area contributed by atoms with E-state index in [0.717, 1.165) is 36.3 Å². The molecule has 1 amide bonds. The molecule has 2 atom stereocenters. The van der Waals surface area contributed by atoms with Gasteiger partial charge in [-0.2, -0.15) is 0 Å². The molecule has 122 valence electrons. The Morgan fingerprint density at radius 2 is 2.09 bits per heavy atom. The van der Waals surface area contributed by atoms with E-state index in [1.807, 2.05) is 11.8 Å². The average molecular weight is 322 g/mol. The number of hydrogen-bond donors (Lipinski definition) is 0. The first-order valence-corrected chi connectivity index (χ1v) is 9.46. The maximum Gasteiger partial charge on any atom is 0.223 e. The van der Waals surface area contributed by atoms with Gasteiger partial charge >= 0.3 is 0 Å². The summed E-state index contributed by atoms with van der Waals surface area (Å²) in [6.45, 7) is 5.27. The molecular formula is C16H26N4OS. The van der Waals surface area contributed by atoms with Crippen LogP contribution in [0.4, 0.5) is 0 Å². The van der Waals surface area contributed by atoms with E-state index >= 15 is 0 Å². The summed E-state index contributed by atoms with van der Waals surface area (Å²) in [4.78, 5) is 13.9. The predicted molar refractivity (Wildman–Crippen MR) is 87.7 cm³/mol. The van der Waals surface area contributed by atoms with Crippen LogP contribution >= 0.6 is 11.8 Å². The largest absolute Gasteiger partial charge is 0.333 e. The van der Waals surface area contributed by atoms with Crippen molar-refractivity contribution in [2.75, 3.05) is 12.4 Å². The van der Waals surface area contributed by atoms with Gasteiger partial charge in [0.1, 0.15) is 5.82 Å². The molecule has 5 nitrogen and oxygen atoms in total. The second-order valence-corrected chi connectivity index (χ2v) is 7.63. The van der Waals surface area contributed by atoms with Crippen molar-refractivity contribution in [3.8, 4) is 0 Å². The number of nitrogens with zero attached hydrogens (tertiary/aromatic N) is 4. The van der Waals surface area contributed by atoms with Crippen molar-refractivity contribution in [3.05, 3.63) is 5.82 Å². The minimum Gasteiger partial charge on any atom is -0.333 e. The van der Waals surface area contributed by atoms with Gasteiger partial charge in [-0.25, -0.2) is 0 Å². The smallest absolute Gasteiger partial charge is 0.223 e. The zero-order valence-electron chi connectivity index (χ0n) is 13.6. The summed E-state index contributed by atoms with van der Waals surface area (Å²) in [5.74, 6) is 2.78. The lowest BCUT2D eigenvalue weighted by Crippen LogP contribution is -2.35. The van der Waals surface area contributed by atoms with E-state index in [1.165, 1.54) is 25.7 Å². The Kier molecular flexibility index (Phi) is 5.06. The molecule has 1 aromatic rings. The van der Waals surface area contributed by atoms with Crippen LogP contribution in [0.1, 0.15) is 63.7 Å². The van der Waals surface area contributed by atoms with Gasteiger partial charge in [-0.05, 0) is 38.5 Å². The molecule has 1 aromatic heterocycles. The Balaban J connectivity index is 1.67. The predicted octanol–water partition coefficient (Wildman–Crippen LogP) is 3.40. The molecule has 3 rings (SSSR count). The van der Waals surface area contributed by atoms with Gasteiger partial charge in [0.15, 0.2) is 5.16 Å². The van der Waals surface area contributed by atoms with E-state index in [-0.39, 0.29) is 5.91 Å². The molecule has 22 heavy (non-hydrogen) atoms. The quantitative estimate of drug-likeness (QED) is 0.797. The highest BCUT2D eigenvalue weighted by Gasteiger charge is 2.25. The zero-order valence-corrected chi connectivity index (χ0v) is 14.4. The van der Waals surface area contributed by atoms with E-state index in [4.69, 9.17) is 0 Å². The number of carbonyl (C=O) groups excluding carboxylic acids is 1. The zero-order chi connectivity index (χ0) is 15.5. The van der Waals surface area contributed by atoms with E-state index in [0.29, 0.717) is 18.3 Å². The third kappa shape index (κ3) is 3.47. The van der Waals surface area contributed by atoms with Gasteiger partial charge in [0.2, 0.25) is 5.91 Å². The van der Waals surface area contributed by atoms with Crippen molar-refractivity contribution in [2.24, 2.45) is 5.92 Å². The summed E-state index contributed by atoms with van der Waals surface area (Å²) >= 11 is 1.67. The molecule has 2 unspecified atom stereocenters. The van der Waals surface area contributed by atoms with Gasteiger partial charge in [-0.3, -0.25) is 4.79 Å². The summed E-state index contributed by atoms with van der Waals surface area (Å²) in [6.07, 6.45) is 7.93. The lowest BCUT2D eigenvalue weighted by molar-refractivity contribution is -0.132. The van der Waals surface area contributed by atoms with Crippen LogP contribution in [0, 0.1) is 12.8 Å². The average Bonchev–Trinajstić information content (AvgIpc) is 2.87. The minimum atomic E-state index is 0.285. The van der Waals surface area contributed by atoms with Crippen LogP contribution in [-0.2, 0) is 4.79 Å². The van der Waals surface area contributed by atoms with E-state index in [9.17, 15) is 4.79 Å². The minimum absolute atomic E-state index is 0.285. The van der Waals surface area contributed by atoms with Crippen molar-refractivity contribution in [3.63, 3.8) is 0 Å². The lowest BCUT2D eigenvalue weighted by atomic mass is 9.87. The number of amides is 1. The van der Waals surface area contributed by atoms with Gasteiger partial charge in [-0.15, -0.1) is 10.2 Å². The molecule has 6 heteroatoms. The Morgan fingerprint density at radius 1 is 1.23 bits per heavy atom. The van der Waals surface area contributed by atoms with Gasteiger partial charge in [0, 0.05) is 19.0 Å². The highest BCUT2D eigenvalue weighted by Crippen LogP contribution is 2.35. The Bertz CT molecular complexity index is 530. The van der Waals surface area contributed by atoms with Crippen molar-refractivity contribution < 1.29 is 4.79 Å². The monoisotopic (exact) mass is 322 g/mol. The van der Waals surface area contributed by atoms with Crippen LogP contribution in [0.2, 0.25) is 0 Å². The highest BCUT2D eigenvalue weighted by atomic mass is 32.2. The highest BCUT2D eigenvalue weighted by molar-refractivity contribution is 7.99. The van der Waals surface area contributed by atoms with E-state index in [2.05, 4.69) is 21.7 Å². The molecule has 0 spiro atoms. The molecule has 0 N–H and O–H groups in total. The molecule has 1 aliphatic carbocycles. The van der Waals surface area contributed by atoms with Gasteiger partial charge < -0.3 is 9.47 Å². The third-order valence-corrected chi connectivity index (χ3v) is 5.86. The summed E-state index contributed by atoms with van der Waals surface area (Å²) in [5.41, 5.74) is 0. The SMILES string of the molecule is Cc1nnc(SCN2CCCCC2=O)n1C1CCCC(C)C1. The number of thioether (sulfide) groups is 1. The van der Waals surface area contributed by atoms with Crippen LogP contribution < -0.4 is 0 Å². The van der Waals surface area contributed by atoms with Crippen LogP contribution in [0.5, 0.6) is 0 Å². The van der Waals surface area contributed by atoms with Crippen molar-refractivity contribution in [1.82, 2.24) is 19.7 Å². The second-order valence-electron chi connectivity index (χ2n) is 6.71. The molecule has 1 saturated heterocycles. The molecule has 0 aromatic carbocycles. The molecule has 0 bridgehead atoms. The fraction of sp³-hybridized carbons (Fsp3) is 0.812. The maximum absolute atomic E-state index is 11.9. The fourth-order valence-electron chi connectivity index (χ4n) is 3.64. The first-order chi connectivity index (χ1) is 10.6. The van der Waals surface area contributed by atoms with Gasteiger partial charge in [0.05, 0.1) is 5.88 Å².